The van der Waals surface area contributed by atoms with Crippen molar-refractivity contribution in [2.75, 3.05) is 24.3 Å². The second-order valence-corrected chi connectivity index (χ2v) is 5.96. The van der Waals surface area contributed by atoms with Gasteiger partial charge in [0.25, 0.3) is 0 Å². The van der Waals surface area contributed by atoms with Crippen LogP contribution in [0.25, 0.3) is 10.2 Å². The molecule has 4 nitrogen and oxygen atoms in total. The Bertz CT molecular complexity index is 626. The molecule has 19 heavy (non-hydrogen) atoms. The topological polar surface area (TPSA) is 42.4 Å². The molecule has 1 fully saturated rings. The molecule has 0 aliphatic carbocycles. The summed E-state index contributed by atoms with van der Waals surface area (Å²) in [6, 6.07) is 5.78. The average Bonchev–Trinajstić information content (AvgIpc) is 3.00. The Morgan fingerprint density at radius 2 is 2.42 bits per heavy atom. The van der Waals surface area contributed by atoms with Crippen LogP contribution in [0.2, 0.25) is 0 Å². The highest BCUT2D eigenvalue weighted by atomic mass is 32.1. The van der Waals surface area contributed by atoms with E-state index in [4.69, 9.17) is 4.74 Å². The predicted octanol–water partition coefficient (Wildman–Crippen LogP) is 2.59. The van der Waals surface area contributed by atoms with Crippen molar-refractivity contribution >= 4 is 45.2 Å². The number of nitrogens with zero attached hydrogens (tertiary/aromatic N) is 2. The summed E-state index contributed by atoms with van der Waals surface area (Å²) in [7, 11) is 1.63. The molecule has 1 saturated heterocycles. The SMILES string of the molecule is COc1ccc2sc(N3CC(CS)CC3=O)nc2c1. The van der Waals surface area contributed by atoms with E-state index in [1.54, 1.807) is 23.3 Å². The van der Waals surface area contributed by atoms with Crippen LogP contribution in [0.15, 0.2) is 18.2 Å². The normalized spacial score (nSPS) is 19.4. The van der Waals surface area contributed by atoms with E-state index in [9.17, 15) is 4.79 Å². The van der Waals surface area contributed by atoms with Gasteiger partial charge < -0.3 is 4.74 Å². The van der Waals surface area contributed by atoms with Gasteiger partial charge in [-0.15, -0.1) is 0 Å². The number of methoxy groups -OCH3 is 1. The van der Waals surface area contributed by atoms with Crippen molar-refractivity contribution in [2.45, 2.75) is 6.42 Å². The van der Waals surface area contributed by atoms with Gasteiger partial charge >= 0.3 is 0 Å². The Kier molecular flexibility index (Phi) is 3.36. The molecule has 100 valence electrons. The standard InChI is InChI=1S/C13H14N2O2S2/c1-17-9-2-3-11-10(5-9)14-13(19-11)15-6-8(7-18)4-12(15)16/h2-3,5,8,18H,4,6-7H2,1H3. The zero-order chi connectivity index (χ0) is 13.4. The van der Waals surface area contributed by atoms with Crippen LogP contribution in [0.1, 0.15) is 6.42 Å². The van der Waals surface area contributed by atoms with Crippen LogP contribution in [0.3, 0.4) is 0 Å². The maximum absolute atomic E-state index is 12.0. The molecule has 1 aromatic carbocycles. The van der Waals surface area contributed by atoms with Gasteiger partial charge in [0.05, 0.1) is 17.3 Å². The lowest BCUT2D eigenvalue weighted by Crippen LogP contribution is -2.24. The van der Waals surface area contributed by atoms with Crippen LogP contribution in [0, 0.1) is 5.92 Å². The highest BCUT2D eigenvalue weighted by Crippen LogP contribution is 2.34. The largest absolute Gasteiger partial charge is 0.497 e. The lowest BCUT2D eigenvalue weighted by atomic mass is 10.1. The van der Waals surface area contributed by atoms with Crippen LogP contribution in [0.4, 0.5) is 5.13 Å². The van der Waals surface area contributed by atoms with Gasteiger partial charge in [-0.05, 0) is 23.8 Å². The van der Waals surface area contributed by atoms with E-state index in [-0.39, 0.29) is 5.91 Å². The number of ether oxygens (including phenoxy) is 1. The number of benzene rings is 1. The second kappa shape index (κ2) is 5.02. The van der Waals surface area contributed by atoms with Crippen molar-refractivity contribution in [3.63, 3.8) is 0 Å². The van der Waals surface area contributed by atoms with E-state index >= 15 is 0 Å². The molecule has 2 heterocycles. The Morgan fingerprint density at radius 3 is 3.11 bits per heavy atom. The van der Waals surface area contributed by atoms with Crippen LogP contribution < -0.4 is 9.64 Å². The Balaban J connectivity index is 1.95. The maximum Gasteiger partial charge on any atom is 0.229 e. The number of thiol groups is 1. The van der Waals surface area contributed by atoms with E-state index in [2.05, 4.69) is 17.6 Å². The lowest BCUT2D eigenvalue weighted by molar-refractivity contribution is -0.117. The molecule has 6 heteroatoms. The summed E-state index contributed by atoms with van der Waals surface area (Å²) >= 11 is 5.82. The fourth-order valence-corrected chi connectivity index (χ4v) is 3.44. The van der Waals surface area contributed by atoms with Crippen molar-refractivity contribution in [2.24, 2.45) is 5.92 Å². The van der Waals surface area contributed by atoms with Crippen LogP contribution in [0.5, 0.6) is 5.75 Å². The summed E-state index contributed by atoms with van der Waals surface area (Å²) < 4.78 is 6.25. The van der Waals surface area contributed by atoms with E-state index in [1.807, 2.05) is 18.2 Å². The number of carbonyl (C=O) groups excluding carboxylic acids is 1. The summed E-state index contributed by atoms with van der Waals surface area (Å²) in [6.45, 7) is 0.722. The first-order valence-electron chi connectivity index (χ1n) is 6.07. The van der Waals surface area contributed by atoms with Gasteiger partial charge in [0.1, 0.15) is 5.75 Å². The zero-order valence-electron chi connectivity index (χ0n) is 10.5. The Hall–Kier alpha value is -1.27. The van der Waals surface area contributed by atoms with E-state index in [1.165, 1.54) is 0 Å². The number of hydrogen-bond donors (Lipinski definition) is 1. The number of anilines is 1. The van der Waals surface area contributed by atoms with Crippen molar-refractivity contribution in [1.82, 2.24) is 4.98 Å². The molecule has 0 N–H and O–H groups in total. The minimum atomic E-state index is 0.144. The molecule has 3 rings (SSSR count). The lowest BCUT2D eigenvalue weighted by Gasteiger charge is -2.11. The summed E-state index contributed by atoms with van der Waals surface area (Å²) in [6.07, 6.45) is 0.572. The summed E-state index contributed by atoms with van der Waals surface area (Å²) in [5.41, 5.74) is 0.876. The van der Waals surface area contributed by atoms with Crippen molar-refractivity contribution in [3.8, 4) is 5.75 Å². The molecule has 1 aromatic heterocycles. The highest BCUT2D eigenvalue weighted by Gasteiger charge is 2.31. The third-order valence-electron chi connectivity index (χ3n) is 3.28. The molecule has 0 bridgehead atoms. The van der Waals surface area contributed by atoms with Gasteiger partial charge in [-0.25, -0.2) is 4.98 Å². The number of amides is 1. The van der Waals surface area contributed by atoms with E-state index in [0.717, 1.165) is 33.4 Å². The zero-order valence-corrected chi connectivity index (χ0v) is 12.2. The Morgan fingerprint density at radius 1 is 1.58 bits per heavy atom. The first-order valence-corrected chi connectivity index (χ1v) is 7.52. The number of thiazole rings is 1. The van der Waals surface area contributed by atoms with Gasteiger partial charge in [-0.3, -0.25) is 9.69 Å². The summed E-state index contributed by atoms with van der Waals surface area (Å²) in [5.74, 6) is 1.99. The first kappa shape index (κ1) is 12.7. The molecule has 1 unspecified atom stereocenters. The summed E-state index contributed by atoms with van der Waals surface area (Å²) in [5, 5.41) is 0.775. The van der Waals surface area contributed by atoms with Gasteiger partial charge in [0.15, 0.2) is 5.13 Å². The smallest absolute Gasteiger partial charge is 0.229 e. The van der Waals surface area contributed by atoms with Gasteiger partial charge in [0.2, 0.25) is 5.91 Å². The molecule has 1 aliphatic heterocycles. The predicted molar refractivity (Wildman–Crippen MR) is 80.5 cm³/mol. The van der Waals surface area contributed by atoms with Crippen molar-refractivity contribution in [3.05, 3.63) is 18.2 Å². The van der Waals surface area contributed by atoms with Gasteiger partial charge in [0, 0.05) is 19.0 Å². The summed E-state index contributed by atoms with van der Waals surface area (Å²) in [4.78, 5) is 18.3. The van der Waals surface area contributed by atoms with Gasteiger partial charge in [-0.1, -0.05) is 11.3 Å². The number of aromatic nitrogens is 1. The third-order valence-corrected chi connectivity index (χ3v) is 4.85. The average molecular weight is 294 g/mol. The minimum absolute atomic E-state index is 0.144. The fourth-order valence-electron chi connectivity index (χ4n) is 2.23. The molecule has 1 amide bonds. The van der Waals surface area contributed by atoms with Gasteiger partial charge in [-0.2, -0.15) is 12.6 Å². The maximum atomic E-state index is 12.0. The number of rotatable bonds is 3. The Labute approximate surface area is 120 Å². The van der Waals surface area contributed by atoms with Crippen LogP contribution in [-0.4, -0.2) is 30.3 Å². The highest BCUT2D eigenvalue weighted by molar-refractivity contribution is 7.80. The van der Waals surface area contributed by atoms with Crippen LogP contribution in [-0.2, 0) is 4.79 Å². The molecule has 0 spiro atoms. The molecule has 2 aromatic rings. The van der Waals surface area contributed by atoms with E-state index in [0.29, 0.717) is 12.3 Å². The monoisotopic (exact) mass is 294 g/mol. The molecule has 0 saturated carbocycles. The fraction of sp³-hybridized carbons (Fsp3) is 0.385. The van der Waals surface area contributed by atoms with E-state index < -0.39 is 0 Å². The number of fused-ring (bicyclic) bond motifs is 1. The third kappa shape index (κ3) is 2.30. The molecule has 1 atom stereocenters. The quantitative estimate of drug-likeness (QED) is 0.885. The second-order valence-electron chi connectivity index (χ2n) is 4.59. The molecule has 1 aliphatic rings. The van der Waals surface area contributed by atoms with Crippen molar-refractivity contribution < 1.29 is 9.53 Å². The van der Waals surface area contributed by atoms with Crippen LogP contribution >= 0.6 is 24.0 Å². The first-order chi connectivity index (χ1) is 9.21. The molecule has 0 radical (unpaired) electrons. The number of hydrogen-bond acceptors (Lipinski definition) is 5. The number of carbonyl (C=O) groups is 1. The van der Waals surface area contributed by atoms with Crippen molar-refractivity contribution in [1.29, 1.82) is 0 Å². The minimum Gasteiger partial charge on any atom is -0.497 e. The molecular weight excluding hydrogens is 280 g/mol. The molecular formula is C13H14N2O2S2.